The minimum atomic E-state index is -0.224. The second-order valence-corrected chi connectivity index (χ2v) is 7.87. The van der Waals surface area contributed by atoms with Crippen LogP contribution in [0.25, 0.3) is 0 Å². The van der Waals surface area contributed by atoms with Crippen molar-refractivity contribution in [1.82, 2.24) is 5.32 Å². The molecule has 1 aromatic carbocycles. The van der Waals surface area contributed by atoms with Crippen LogP contribution in [0, 0.1) is 5.82 Å². The molecule has 0 aromatic heterocycles. The third kappa shape index (κ3) is 6.64. The van der Waals surface area contributed by atoms with E-state index in [1.54, 1.807) is 6.07 Å². The zero-order valence-electron chi connectivity index (χ0n) is 12.1. The fourth-order valence-corrected chi connectivity index (χ4v) is 2.93. The van der Waals surface area contributed by atoms with Crippen LogP contribution in [0.15, 0.2) is 18.2 Å². The molecule has 1 N–H and O–H groups in total. The molecule has 0 saturated heterocycles. The number of halogens is 2. The average molecular weight is 304 g/mol. The fraction of sp³-hybridized carbons (Fsp3) is 0.600. The van der Waals surface area contributed by atoms with Crippen molar-refractivity contribution < 1.29 is 4.39 Å². The van der Waals surface area contributed by atoms with Gasteiger partial charge < -0.3 is 5.32 Å². The van der Waals surface area contributed by atoms with Gasteiger partial charge in [-0.15, -0.1) is 0 Å². The van der Waals surface area contributed by atoms with Crippen LogP contribution in [0.1, 0.15) is 33.3 Å². The van der Waals surface area contributed by atoms with E-state index in [0.29, 0.717) is 11.1 Å². The topological polar surface area (TPSA) is 12.0 Å². The van der Waals surface area contributed by atoms with Gasteiger partial charge in [0.25, 0.3) is 0 Å². The maximum Gasteiger partial charge on any atom is 0.123 e. The van der Waals surface area contributed by atoms with Crippen LogP contribution in [0.4, 0.5) is 4.39 Å². The maximum atomic E-state index is 13.3. The van der Waals surface area contributed by atoms with Crippen LogP contribution in [0.5, 0.6) is 0 Å². The van der Waals surface area contributed by atoms with Crippen molar-refractivity contribution in [2.75, 3.05) is 12.3 Å². The molecule has 0 fully saturated rings. The molecule has 0 amide bonds. The van der Waals surface area contributed by atoms with Gasteiger partial charge >= 0.3 is 0 Å². The van der Waals surface area contributed by atoms with Crippen LogP contribution in [-0.4, -0.2) is 23.1 Å². The molecule has 0 bridgehead atoms. The molecule has 0 aliphatic rings. The molecule has 1 aromatic rings. The van der Waals surface area contributed by atoms with Crippen molar-refractivity contribution in [3.8, 4) is 0 Å². The molecule has 4 heteroatoms. The Bertz CT molecular complexity index is 404. The molecule has 0 spiro atoms. The summed E-state index contributed by atoms with van der Waals surface area (Å²) in [5.74, 6) is 0.766. The van der Waals surface area contributed by atoms with Gasteiger partial charge in [-0.05, 0) is 36.7 Å². The van der Waals surface area contributed by atoms with Gasteiger partial charge in [0.15, 0.2) is 0 Å². The number of thioether (sulfide) groups is 1. The van der Waals surface area contributed by atoms with Gasteiger partial charge in [0.2, 0.25) is 0 Å². The van der Waals surface area contributed by atoms with E-state index in [4.69, 9.17) is 11.6 Å². The summed E-state index contributed by atoms with van der Waals surface area (Å²) in [6.07, 6.45) is 0.757. The zero-order valence-corrected chi connectivity index (χ0v) is 13.7. The minimum Gasteiger partial charge on any atom is -0.313 e. The first-order valence-corrected chi connectivity index (χ1v) is 7.99. The standard InChI is InChI=1S/C15H23ClFNS/c1-5-18-13(10-19-15(2,3)4)9-11-8-12(17)6-7-14(11)16/h6-8,13,18H,5,9-10H2,1-4H3. The van der Waals surface area contributed by atoms with E-state index >= 15 is 0 Å². The predicted molar refractivity (Wildman–Crippen MR) is 84.8 cm³/mol. The number of nitrogens with one attached hydrogen (secondary N) is 1. The highest BCUT2D eigenvalue weighted by molar-refractivity contribution is 8.00. The van der Waals surface area contributed by atoms with Gasteiger partial charge in [-0.3, -0.25) is 0 Å². The number of likely N-dealkylation sites (N-methyl/N-ethyl adjacent to an activating group) is 1. The van der Waals surface area contributed by atoms with Crippen LogP contribution < -0.4 is 5.32 Å². The van der Waals surface area contributed by atoms with E-state index in [1.807, 2.05) is 11.8 Å². The first kappa shape index (κ1) is 16.8. The van der Waals surface area contributed by atoms with Crippen LogP contribution in [0.2, 0.25) is 5.02 Å². The normalized spacial score (nSPS) is 13.6. The lowest BCUT2D eigenvalue weighted by Crippen LogP contribution is -2.34. The van der Waals surface area contributed by atoms with Crippen LogP contribution >= 0.6 is 23.4 Å². The molecule has 1 unspecified atom stereocenters. The van der Waals surface area contributed by atoms with E-state index in [1.165, 1.54) is 12.1 Å². The van der Waals surface area contributed by atoms with Crippen molar-refractivity contribution in [2.45, 2.75) is 44.9 Å². The average Bonchev–Trinajstić information content (AvgIpc) is 2.30. The fourth-order valence-electron chi connectivity index (χ4n) is 1.79. The lowest BCUT2D eigenvalue weighted by molar-refractivity contribution is 0.566. The Balaban J connectivity index is 2.69. The number of hydrogen-bond donors (Lipinski definition) is 1. The van der Waals surface area contributed by atoms with Gasteiger partial charge in [-0.1, -0.05) is 39.3 Å². The molecule has 0 heterocycles. The summed E-state index contributed by atoms with van der Waals surface area (Å²) in [5, 5.41) is 4.09. The maximum absolute atomic E-state index is 13.3. The summed E-state index contributed by atoms with van der Waals surface area (Å²) < 4.78 is 13.5. The number of rotatable bonds is 6. The molecule has 108 valence electrons. The molecule has 0 aliphatic carbocycles. The summed E-state index contributed by atoms with van der Waals surface area (Å²) in [5.41, 5.74) is 0.877. The van der Waals surface area contributed by atoms with Crippen molar-refractivity contribution in [1.29, 1.82) is 0 Å². The Labute approximate surface area is 125 Å². The second kappa shape index (κ2) is 7.51. The van der Waals surface area contributed by atoms with E-state index in [2.05, 4.69) is 33.0 Å². The van der Waals surface area contributed by atoms with Crippen molar-refractivity contribution in [2.24, 2.45) is 0 Å². The minimum absolute atomic E-state index is 0.224. The SMILES string of the molecule is CCNC(CSC(C)(C)C)Cc1cc(F)ccc1Cl. The van der Waals surface area contributed by atoms with Gasteiger partial charge in [0.1, 0.15) is 5.82 Å². The van der Waals surface area contributed by atoms with E-state index < -0.39 is 0 Å². The largest absolute Gasteiger partial charge is 0.313 e. The highest BCUT2D eigenvalue weighted by Gasteiger charge is 2.16. The van der Waals surface area contributed by atoms with Crippen molar-refractivity contribution in [3.63, 3.8) is 0 Å². The van der Waals surface area contributed by atoms with E-state index in [-0.39, 0.29) is 10.6 Å². The molecule has 19 heavy (non-hydrogen) atoms. The Kier molecular flexibility index (Phi) is 6.64. The third-order valence-corrected chi connectivity index (χ3v) is 4.49. The molecule has 1 nitrogen and oxygen atoms in total. The Morgan fingerprint density at radius 1 is 1.37 bits per heavy atom. The molecule has 0 saturated carbocycles. The lowest BCUT2D eigenvalue weighted by atomic mass is 10.1. The Hall–Kier alpha value is -0.250. The quantitative estimate of drug-likeness (QED) is 0.828. The van der Waals surface area contributed by atoms with E-state index in [9.17, 15) is 4.39 Å². The van der Waals surface area contributed by atoms with Crippen LogP contribution in [0.3, 0.4) is 0 Å². The molecular weight excluding hydrogens is 281 g/mol. The molecule has 1 atom stereocenters. The van der Waals surface area contributed by atoms with Gasteiger partial charge in [0, 0.05) is 21.6 Å². The van der Waals surface area contributed by atoms with E-state index in [0.717, 1.165) is 24.3 Å². The molecule has 0 radical (unpaired) electrons. The summed E-state index contributed by atoms with van der Waals surface area (Å²) in [6.45, 7) is 9.60. The zero-order chi connectivity index (χ0) is 14.5. The summed E-state index contributed by atoms with van der Waals surface area (Å²) >= 11 is 8.04. The Morgan fingerprint density at radius 3 is 2.63 bits per heavy atom. The van der Waals surface area contributed by atoms with Gasteiger partial charge in [0.05, 0.1) is 0 Å². The highest BCUT2D eigenvalue weighted by atomic mass is 35.5. The van der Waals surface area contributed by atoms with Crippen LogP contribution in [-0.2, 0) is 6.42 Å². The monoisotopic (exact) mass is 303 g/mol. The summed E-state index contributed by atoms with van der Waals surface area (Å²) in [7, 11) is 0. The molecule has 0 aliphatic heterocycles. The summed E-state index contributed by atoms with van der Waals surface area (Å²) in [4.78, 5) is 0. The lowest BCUT2D eigenvalue weighted by Gasteiger charge is -2.24. The number of benzene rings is 1. The third-order valence-electron chi connectivity index (χ3n) is 2.68. The summed E-state index contributed by atoms with van der Waals surface area (Å²) in [6, 6.07) is 4.88. The van der Waals surface area contributed by atoms with Crippen molar-refractivity contribution in [3.05, 3.63) is 34.6 Å². The number of hydrogen-bond acceptors (Lipinski definition) is 2. The molecule has 1 rings (SSSR count). The molecular formula is C15H23ClFNS. The first-order valence-electron chi connectivity index (χ1n) is 6.63. The smallest absolute Gasteiger partial charge is 0.123 e. The van der Waals surface area contributed by atoms with Crippen molar-refractivity contribution >= 4 is 23.4 Å². The van der Waals surface area contributed by atoms with Gasteiger partial charge in [-0.25, -0.2) is 4.39 Å². The predicted octanol–water partition coefficient (Wildman–Crippen LogP) is 4.53. The second-order valence-electron chi connectivity index (χ2n) is 5.62. The Morgan fingerprint density at radius 2 is 2.05 bits per heavy atom. The highest BCUT2D eigenvalue weighted by Crippen LogP contribution is 2.26. The first-order chi connectivity index (χ1) is 8.81. The van der Waals surface area contributed by atoms with Gasteiger partial charge in [-0.2, -0.15) is 11.8 Å².